The van der Waals surface area contributed by atoms with E-state index in [0.717, 1.165) is 24.3 Å². The number of rotatable bonds is 11. The molecule has 0 N–H and O–H groups in total. The van der Waals surface area contributed by atoms with Crippen molar-refractivity contribution in [3.8, 4) is 17.1 Å². The lowest BCUT2D eigenvalue weighted by Crippen LogP contribution is -1.99. The zero-order chi connectivity index (χ0) is 16.2. The van der Waals surface area contributed by atoms with Crippen LogP contribution in [0.1, 0.15) is 58.3 Å². The highest BCUT2D eigenvalue weighted by Gasteiger charge is 2.01. The van der Waals surface area contributed by atoms with Crippen LogP contribution in [0.3, 0.4) is 0 Å². The highest BCUT2D eigenvalue weighted by molar-refractivity contribution is 5.53. The van der Waals surface area contributed by atoms with Crippen molar-refractivity contribution in [3.63, 3.8) is 0 Å². The van der Waals surface area contributed by atoms with Crippen LogP contribution in [0.15, 0.2) is 36.7 Å². The molecule has 1 aromatic heterocycles. The number of unbranched alkanes of at least 4 members (excludes halogenated alkanes) is 7. The van der Waals surface area contributed by atoms with Crippen LogP contribution in [0.2, 0.25) is 0 Å². The van der Waals surface area contributed by atoms with Crippen LogP contribution < -0.4 is 4.74 Å². The van der Waals surface area contributed by atoms with Gasteiger partial charge in [-0.15, -0.1) is 0 Å². The second-order valence-corrected chi connectivity index (χ2v) is 5.86. The molecule has 123 valence electrons. The molecule has 0 bridgehead atoms. The van der Waals surface area contributed by atoms with Gasteiger partial charge < -0.3 is 4.74 Å². The Morgan fingerprint density at radius 3 is 2.30 bits per heavy atom. The molecule has 0 amide bonds. The van der Waals surface area contributed by atoms with Gasteiger partial charge in [-0.2, -0.15) is 0 Å². The second-order valence-electron chi connectivity index (χ2n) is 5.86. The van der Waals surface area contributed by atoms with Gasteiger partial charge in [-0.05, 0) is 18.6 Å². The van der Waals surface area contributed by atoms with Crippen molar-refractivity contribution in [1.82, 2.24) is 9.97 Å². The highest BCUT2D eigenvalue weighted by atomic mass is 16.5. The zero-order valence-electron chi connectivity index (χ0n) is 14.1. The summed E-state index contributed by atoms with van der Waals surface area (Å²) in [6, 6.07) is 10.7. The summed E-state index contributed by atoms with van der Waals surface area (Å²) in [5, 5.41) is 0. The molecule has 0 atom stereocenters. The zero-order valence-corrected chi connectivity index (χ0v) is 14.1. The standard InChI is InChI=1S/C20H27N2O/c1-2-3-4-5-6-7-8-12-15-23-19-16-21-20(22-17-19)18-13-10-9-11-14-18/h9-10,13-14,16-17H,2-8,12,15H2,1H3. The Bertz CT molecular complexity index is 525. The fraction of sp³-hybridized carbons (Fsp3) is 0.500. The summed E-state index contributed by atoms with van der Waals surface area (Å²) in [5.74, 6) is 1.46. The van der Waals surface area contributed by atoms with E-state index in [1.807, 2.05) is 24.3 Å². The van der Waals surface area contributed by atoms with Gasteiger partial charge in [0, 0.05) is 5.56 Å². The average molecular weight is 311 g/mol. The van der Waals surface area contributed by atoms with Gasteiger partial charge in [-0.1, -0.05) is 70.1 Å². The Balaban J connectivity index is 1.60. The third-order valence-corrected chi connectivity index (χ3v) is 3.86. The van der Waals surface area contributed by atoms with Crippen molar-refractivity contribution in [1.29, 1.82) is 0 Å². The minimum atomic E-state index is 0.710. The summed E-state index contributed by atoms with van der Waals surface area (Å²) in [5.41, 5.74) is 0.974. The van der Waals surface area contributed by atoms with Gasteiger partial charge in [0.25, 0.3) is 0 Å². The van der Waals surface area contributed by atoms with Crippen LogP contribution in [0.5, 0.6) is 5.75 Å². The lowest BCUT2D eigenvalue weighted by molar-refractivity contribution is 0.302. The predicted octanol–water partition coefficient (Wildman–Crippen LogP) is 5.46. The highest BCUT2D eigenvalue weighted by Crippen LogP contribution is 2.16. The van der Waals surface area contributed by atoms with E-state index in [4.69, 9.17) is 4.74 Å². The first kappa shape index (κ1) is 17.5. The summed E-state index contributed by atoms with van der Waals surface area (Å²) in [7, 11) is 0. The maximum atomic E-state index is 5.71. The average Bonchev–Trinajstić information content (AvgIpc) is 2.62. The molecule has 0 saturated carbocycles. The number of aromatic nitrogens is 2. The Morgan fingerprint density at radius 1 is 0.957 bits per heavy atom. The Kier molecular flexibility index (Phi) is 8.17. The molecule has 0 unspecified atom stereocenters. The second kappa shape index (κ2) is 10.8. The molecule has 1 radical (unpaired) electrons. The van der Waals surface area contributed by atoms with Crippen LogP contribution >= 0.6 is 0 Å². The van der Waals surface area contributed by atoms with E-state index in [1.54, 1.807) is 12.4 Å². The van der Waals surface area contributed by atoms with Gasteiger partial charge in [0.15, 0.2) is 11.6 Å². The van der Waals surface area contributed by atoms with Gasteiger partial charge in [-0.3, -0.25) is 0 Å². The van der Waals surface area contributed by atoms with E-state index >= 15 is 0 Å². The number of hydrogen-bond donors (Lipinski definition) is 0. The van der Waals surface area contributed by atoms with Crippen LogP contribution in [-0.2, 0) is 0 Å². The molecule has 2 rings (SSSR count). The van der Waals surface area contributed by atoms with Gasteiger partial charge in [-0.25, -0.2) is 9.97 Å². The first-order valence-corrected chi connectivity index (χ1v) is 8.81. The third-order valence-electron chi connectivity index (χ3n) is 3.86. The largest absolute Gasteiger partial charge is 0.490 e. The van der Waals surface area contributed by atoms with Crippen molar-refractivity contribution in [3.05, 3.63) is 42.7 Å². The number of ether oxygens (including phenoxy) is 1. The van der Waals surface area contributed by atoms with Crippen molar-refractivity contribution < 1.29 is 4.74 Å². The minimum absolute atomic E-state index is 0.710. The van der Waals surface area contributed by atoms with Crippen molar-refractivity contribution in [2.75, 3.05) is 6.61 Å². The summed E-state index contributed by atoms with van der Waals surface area (Å²) in [6.07, 6.45) is 14.0. The van der Waals surface area contributed by atoms with Crippen molar-refractivity contribution in [2.45, 2.75) is 58.3 Å². The summed E-state index contributed by atoms with van der Waals surface area (Å²) >= 11 is 0. The lowest BCUT2D eigenvalue weighted by Gasteiger charge is -2.06. The van der Waals surface area contributed by atoms with Gasteiger partial charge >= 0.3 is 0 Å². The van der Waals surface area contributed by atoms with Crippen LogP contribution in [-0.4, -0.2) is 16.6 Å². The molecule has 0 aliphatic heterocycles. The van der Waals surface area contributed by atoms with E-state index < -0.39 is 0 Å². The minimum Gasteiger partial charge on any atom is -0.490 e. The molecule has 0 fully saturated rings. The normalized spacial score (nSPS) is 10.7. The van der Waals surface area contributed by atoms with E-state index in [0.29, 0.717) is 5.82 Å². The van der Waals surface area contributed by atoms with E-state index in [1.165, 1.54) is 44.9 Å². The Labute approximate surface area is 140 Å². The van der Waals surface area contributed by atoms with Gasteiger partial charge in [0.1, 0.15) is 0 Å². The van der Waals surface area contributed by atoms with Crippen LogP contribution in [0.4, 0.5) is 0 Å². The molecule has 3 heteroatoms. The van der Waals surface area contributed by atoms with Crippen molar-refractivity contribution >= 4 is 0 Å². The van der Waals surface area contributed by atoms with Gasteiger partial charge in [0.05, 0.1) is 19.0 Å². The molecule has 0 spiro atoms. The Hall–Kier alpha value is -1.90. The molecule has 1 heterocycles. The fourth-order valence-electron chi connectivity index (χ4n) is 2.50. The molecule has 1 aromatic carbocycles. The molecule has 0 aliphatic rings. The number of nitrogens with zero attached hydrogens (tertiary/aromatic N) is 2. The summed E-state index contributed by atoms with van der Waals surface area (Å²) in [4.78, 5) is 8.70. The quantitative estimate of drug-likeness (QED) is 0.517. The van der Waals surface area contributed by atoms with E-state index in [9.17, 15) is 0 Å². The molecule has 0 saturated heterocycles. The fourth-order valence-corrected chi connectivity index (χ4v) is 2.50. The summed E-state index contributed by atoms with van der Waals surface area (Å²) in [6.45, 7) is 3.00. The number of benzene rings is 1. The molecule has 0 aliphatic carbocycles. The van der Waals surface area contributed by atoms with Gasteiger partial charge in [0.2, 0.25) is 0 Å². The predicted molar refractivity (Wildman–Crippen MR) is 94.4 cm³/mol. The third kappa shape index (κ3) is 6.81. The topological polar surface area (TPSA) is 35.0 Å². The lowest BCUT2D eigenvalue weighted by atomic mass is 10.1. The maximum Gasteiger partial charge on any atom is 0.159 e. The molecule has 2 aromatic rings. The van der Waals surface area contributed by atoms with Crippen molar-refractivity contribution in [2.24, 2.45) is 0 Å². The van der Waals surface area contributed by atoms with E-state index in [-0.39, 0.29) is 0 Å². The van der Waals surface area contributed by atoms with Crippen LogP contribution in [0, 0.1) is 6.07 Å². The SMILES string of the molecule is CCCCCCCCCCOc1cnc(-c2c[c]ccc2)nc1. The Morgan fingerprint density at radius 2 is 1.65 bits per heavy atom. The van der Waals surface area contributed by atoms with E-state index in [2.05, 4.69) is 23.0 Å². The first-order valence-electron chi connectivity index (χ1n) is 8.81. The first-order chi connectivity index (χ1) is 11.4. The monoisotopic (exact) mass is 311 g/mol. The number of hydrogen-bond acceptors (Lipinski definition) is 3. The molecule has 3 nitrogen and oxygen atoms in total. The molecular weight excluding hydrogens is 284 g/mol. The molecule has 23 heavy (non-hydrogen) atoms. The van der Waals surface area contributed by atoms with Crippen LogP contribution in [0.25, 0.3) is 11.4 Å². The smallest absolute Gasteiger partial charge is 0.159 e. The summed E-state index contributed by atoms with van der Waals surface area (Å²) < 4.78 is 5.71. The maximum absolute atomic E-state index is 5.71. The molecular formula is C20H27N2O.